The number of hydrogen-bond acceptors (Lipinski definition) is 3. The van der Waals surface area contributed by atoms with E-state index in [0.717, 1.165) is 4.47 Å². The monoisotopic (exact) mass is 307 g/mol. The lowest BCUT2D eigenvalue weighted by atomic mass is 10.2. The second-order valence-corrected chi connectivity index (χ2v) is 4.52. The molecule has 2 aromatic rings. The van der Waals surface area contributed by atoms with Gasteiger partial charge in [-0.3, -0.25) is 9.59 Å². The highest BCUT2D eigenvalue weighted by atomic mass is 79.9. The second kappa shape index (κ2) is 5.05. The van der Waals surface area contributed by atoms with Crippen LogP contribution >= 0.6 is 15.9 Å². The molecule has 0 aliphatic carbocycles. The van der Waals surface area contributed by atoms with Crippen molar-refractivity contribution < 1.29 is 4.79 Å². The normalized spacial score (nSPS) is 10.1. The van der Waals surface area contributed by atoms with E-state index in [9.17, 15) is 9.59 Å². The van der Waals surface area contributed by atoms with Gasteiger partial charge in [-0.1, -0.05) is 15.9 Å². The molecule has 18 heavy (non-hydrogen) atoms. The van der Waals surface area contributed by atoms with Crippen LogP contribution in [-0.2, 0) is 0 Å². The van der Waals surface area contributed by atoms with E-state index in [2.05, 4.69) is 26.2 Å². The third-order valence-corrected chi connectivity index (χ3v) is 2.82. The number of H-pyrrole nitrogens is 1. The minimum atomic E-state index is -0.495. The number of nitrogen functional groups attached to an aromatic ring is 1. The van der Waals surface area contributed by atoms with Crippen molar-refractivity contribution in [2.24, 2.45) is 0 Å². The Morgan fingerprint density at radius 1 is 1.33 bits per heavy atom. The van der Waals surface area contributed by atoms with Crippen molar-refractivity contribution in [3.05, 3.63) is 56.9 Å². The number of rotatable bonds is 2. The third-order valence-electron chi connectivity index (χ3n) is 2.33. The van der Waals surface area contributed by atoms with E-state index < -0.39 is 5.91 Å². The zero-order valence-electron chi connectivity index (χ0n) is 9.24. The van der Waals surface area contributed by atoms with Gasteiger partial charge in [-0.2, -0.15) is 0 Å². The fourth-order valence-corrected chi connectivity index (χ4v) is 1.81. The molecule has 1 aromatic heterocycles. The minimum absolute atomic E-state index is 0.0415. The van der Waals surface area contributed by atoms with Gasteiger partial charge >= 0.3 is 0 Å². The Morgan fingerprint density at radius 2 is 2.11 bits per heavy atom. The van der Waals surface area contributed by atoms with Crippen LogP contribution in [0.15, 0.2) is 45.9 Å². The average Bonchev–Trinajstić information content (AvgIpc) is 2.33. The number of pyridine rings is 1. The second-order valence-electron chi connectivity index (χ2n) is 3.61. The lowest BCUT2D eigenvalue weighted by Crippen LogP contribution is -2.21. The Labute approximate surface area is 111 Å². The van der Waals surface area contributed by atoms with E-state index in [4.69, 9.17) is 5.73 Å². The molecule has 4 N–H and O–H groups in total. The molecule has 0 saturated carbocycles. The molecule has 0 aliphatic heterocycles. The number of amides is 1. The van der Waals surface area contributed by atoms with Gasteiger partial charge in [-0.15, -0.1) is 0 Å². The number of carbonyl (C=O) groups is 1. The molecule has 1 aromatic carbocycles. The molecule has 1 heterocycles. The zero-order chi connectivity index (χ0) is 13.1. The first-order valence-corrected chi connectivity index (χ1v) is 5.90. The summed E-state index contributed by atoms with van der Waals surface area (Å²) in [6, 6.07) is 6.38. The van der Waals surface area contributed by atoms with Crippen LogP contribution in [0.4, 0.5) is 11.4 Å². The number of halogens is 1. The molecule has 0 fully saturated rings. The molecule has 0 atom stereocenters. The number of nitrogens with one attached hydrogen (secondary N) is 2. The quantitative estimate of drug-likeness (QED) is 0.741. The fraction of sp³-hybridized carbons (Fsp3) is 0. The number of anilines is 2. The van der Waals surface area contributed by atoms with Crippen molar-refractivity contribution in [2.45, 2.75) is 0 Å². The molecule has 0 radical (unpaired) electrons. The SMILES string of the molecule is Nc1cc(Br)ccc1NC(=O)c1c[nH]ccc1=O. The molecule has 0 unspecified atom stereocenters. The predicted molar refractivity (Wildman–Crippen MR) is 73.6 cm³/mol. The molecule has 2 rings (SSSR count). The van der Waals surface area contributed by atoms with E-state index in [-0.39, 0.29) is 11.0 Å². The number of aromatic amines is 1. The summed E-state index contributed by atoms with van der Waals surface area (Å²) in [5.74, 6) is -0.495. The Bertz CT molecular complexity index is 652. The molecular formula is C12H10BrN3O2. The molecule has 1 amide bonds. The maximum absolute atomic E-state index is 11.9. The number of aromatic nitrogens is 1. The number of benzene rings is 1. The van der Waals surface area contributed by atoms with Crippen molar-refractivity contribution in [2.75, 3.05) is 11.1 Å². The molecule has 0 aliphatic rings. The van der Waals surface area contributed by atoms with Crippen LogP contribution in [0.5, 0.6) is 0 Å². The van der Waals surface area contributed by atoms with Gasteiger partial charge in [0, 0.05) is 22.9 Å². The molecule has 0 bridgehead atoms. The van der Waals surface area contributed by atoms with Crippen LogP contribution in [0.3, 0.4) is 0 Å². The molecule has 92 valence electrons. The van der Waals surface area contributed by atoms with Crippen molar-refractivity contribution in [1.82, 2.24) is 4.98 Å². The number of carbonyl (C=O) groups excluding carboxylic acids is 1. The summed E-state index contributed by atoms with van der Waals surface area (Å²) < 4.78 is 0.815. The lowest BCUT2D eigenvalue weighted by Gasteiger charge is -2.07. The standard InChI is InChI=1S/C12H10BrN3O2/c13-7-1-2-10(9(14)5-7)16-12(18)8-6-15-4-3-11(8)17/h1-6H,14H2,(H,15,17)(H,16,18). The lowest BCUT2D eigenvalue weighted by molar-refractivity contribution is 0.102. The van der Waals surface area contributed by atoms with E-state index >= 15 is 0 Å². The largest absolute Gasteiger partial charge is 0.397 e. The van der Waals surface area contributed by atoms with E-state index in [1.54, 1.807) is 18.2 Å². The Kier molecular flexibility index (Phi) is 3.47. The summed E-state index contributed by atoms with van der Waals surface area (Å²) in [6.07, 6.45) is 2.82. The Morgan fingerprint density at radius 3 is 2.78 bits per heavy atom. The van der Waals surface area contributed by atoms with Crippen LogP contribution in [0, 0.1) is 0 Å². The van der Waals surface area contributed by atoms with Crippen molar-refractivity contribution in [3.8, 4) is 0 Å². The third kappa shape index (κ3) is 2.60. The maximum Gasteiger partial charge on any atom is 0.261 e. The average molecular weight is 308 g/mol. The smallest absolute Gasteiger partial charge is 0.261 e. The molecule has 5 nitrogen and oxygen atoms in total. The van der Waals surface area contributed by atoms with Gasteiger partial charge in [-0.05, 0) is 18.2 Å². The Hall–Kier alpha value is -2.08. The first-order valence-electron chi connectivity index (χ1n) is 5.11. The van der Waals surface area contributed by atoms with Crippen LogP contribution in [0.1, 0.15) is 10.4 Å². The topological polar surface area (TPSA) is 88.0 Å². The molecular weight excluding hydrogens is 298 g/mol. The fourth-order valence-electron chi connectivity index (χ4n) is 1.43. The van der Waals surface area contributed by atoms with Crippen LogP contribution in [-0.4, -0.2) is 10.9 Å². The first-order chi connectivity index (χ1) is 8.58. The summed E-state index contributed by atoms with van der Waals surface area (Å²) in [6.45, 7) is 0. The first kappa shape index (κ1) is 12.4. The van der Waals surface area contributed by atoms with Gasteiger partial charge in [0.25, 0.3) is 5.91 Å². The van der Waals surface area contributed by atoms with Gasteiger partial charge in [0.2, 0.25) is 0 Å². The van der Waals surface area contributed by atoms with Gasteiger partial charge in [0.15, 0.2) is 5.43 Å². The van der Waals surface area contributed by atoms with Gasteiger partial charge in [-0.25, -0.2) is 0 Å². The van der Waals surface area contributed by atoms with E-state index in [1.807, 2.05) is 0 Å². The van der Waals surface area contributed by atoms with Gasteiger partial charge in [0.05, 0.1) is 11.4 Å². The van der Waals surface area contributed by atoms with Crippen molar-refractivity contribution in [1.29, 1.82) is 0 Å². The maximum atomic E-state index is 11.9. The number of hydrogen-bond donors (Lipinski definition) is 3. The highest BCUT2D eigenvalue weighted by Crippen LogP contribution is 2.23. The summed E-state index contributed by atoms with van der Waals surface area (Å²) in [7, 11) is 0. The van der Waals surface area contributed by atoms with Crippen LogP contribution < -0.4 is 16.5 Å². The van der Waals surface area contributed by atoms with E-state index in [0.29, 0.717) is 11.4 Å². The molecule has 6 heteroatoms. The molecule has 0 spiro atoms. The van der Waals surface area contributed by atoms with Gasteiger partial charge in [0.1, 0.15) is 5.56 Å². The highest BCUT2D eigenvalue weighted by molar-refractivity contribution is 9.10. The summed E-state index contributed by atoms with van der Waals surface area (Å²) in [4.78, 5) is 26.0. The highest BCUT2D eigenvalue weighted by Gasteiger charge is 2.11. The summed E-state index contributed by atoms with van der Waals surface area (Å²) >= 11 is 3.27. The summed E-state index contributed by atoms with van der Waals surface area (Å²) in [5, 5.41) is 2.59. The van der Waals surface area contributed by atoms with E-state index in [1.165, 1.54) is 18.5 Å². The van der Waals surface area contributed by atoms with Crippen LogP contribution in [0.25, 0.3) is 0 Å². The predicted octanol–water partition coefficient (Wildman–Crippen LogP) is 1.97. The van der Waals surface area contributed by atoms with Crippen LogP contribution in [0.2, 0.25) is 0 Å². The molecule has 0 saturated heterocycles. The van der Waals surface area contributed by atoms with Crippen molar-refractivity contribution >= 4 is 33.2 Å². The zero-order valence-corrected chi connectivity index (χ0v) is 10.8. The van der Waals surface area contributed by atoms with Crippen molar-refractivity contribution in [3.63, 3.8) is 0 Å². The number of nitrogens with two attached hydrogens (primary N) is 1. The minimum Gasteiger partial charge on any atom is -0.397 e. The Balaban J connectivity index is 2.27. The van der Waals surface area contributed by atoms with Gasteiger partial charge < -0.3 is 16.0 Å². The summed E-state index contributed by atoms with van der Waals surface area (Å²) in [5.41, 5.74) is 6.34.